The van der Waals surface area contributed by atoms with E-state index in [2.05, 4.69) is 204 Å². The average Bonchev–Trinajstić information content (AvgIpc) is 1.63. The molecule has 8 heteroatoms. The van der Waals surface area contributed by atoms with Gasteiger partial charge in [-0.25, -0.2) is 0 Å². The number of rotatable bonds is 4. The van der Waals surface area contributed by atoms with Gasteiger partial charge in [0, 0.05) is 0 Å². The first-order valence-corrected chi connectivity index (χ1v) is 30.4. The minimum atomic E-state index is 0. The molecule has 88 heavy (non-hydrogen) atoms. The Labute approximate surface area is 584 Å². The normalized spacial score (nSPS) is 11.2. The van der Waals surface area contributed by atoms with Gasteiger partial charge in [0.1, 0.15) is 0 Å². The molecular weight excluding hydrogens is 1270 g/mol. The van der Waals surface area contributed by atoms with Crippen LogP contribution in [0.3, 0.4) is 0 Å². The van der Waals surface area contributed by atoms with Crippen molar-refractivity contribution in [1.82, 2.24) is 0 Å². The largest absolute Gasteiger partial charge is 2.00 e. The zero-order valence-electron chi connectivity index (χ0n) is 51.8. The molecule has 0 bridgehead atoms. The molecule has 0 aliphatic heterocycles. The van der Waals surface area contributed by atoms with Crippen LogP contribution >= 0.6 is 46.4 Å². The van der Waals surface area contributed by atoms with Gasteiger partial charge in [0.2, 0.25) is 0 Å². The van der Waals surface area contributed by atoms with Crippen LogP contribution in [0.5, 0.6) is 0 Å². The molecule has 0 spiro atoms. The van der Waals surface area contributed by atoms with Gasteiger partial charge in [0.05, 0.1) is 0 Å². The molecule has 0 unspecified atom stereocenters. The van der Waals surface area contributed by atoms with Gasteiger partial charge in [-0.05, 0) is 161 Å². The number of halogens is 6. The maximum absolute atomic E-state index is 5.91. The number of benzene rings is 10. The van der Waals surface area contributed by atoms with E-state index in [4.69, 9.17) is 46.4 Å². The predicted molar refractivity (Wildman–Crippen MR) is 365 cm³/mol. The van der Waals surface area contributed by atoms with Gasteiger partial charge >= 0.3 is 43.4 Å². The van der Waals surface area contributed by atoms with Crippen LogP contribution in [0.25, 0.3) is 88.3 Å². The Balaban J connectivity index is 0.000000181. The predicted octanol–water partition coefficient (Wildman–Crippen LogP) is 18.2. The third-order valence-corrected chi connectivity index (χ3v) is 18.2. The number of hydrogen-bond acceptors (Lipinski definition) is 0. The van der Waals surface area contributed by atoms with Crippen LogP contribution in [0.4, 0.5) is 0 Å². The van der Waals surface area contributed by atoms with Crippen molar-refractivity contribution in [2.24, 2.45) is 0 Å². The van der Waals surface area contributed by atoms with E-state index < -0.39 is 0 Å². The van der Waals surface area contributed by atoms with Crippen molar-refractivity contribution < 1.29 is 68.2 Å². The third kappa shape index (κ3) is 14.4. The molecule has 0 N–H and O–H groups in total. The van der Waals surface area contributed by atoms with Crippen LogP contribution in [0.2, 0.25) is 20.1 Å². The van der Waals surface area contributed by atoms with E-state index in [0.717, 1.165) is 54.5 Å². The van der Waals surface area contributed by atoms with Crippen LogP contribution < -0.4 is 24.8 Å². The molecule has 2 aliphatic carbocycles. The van der Waals surface area contributed by atoms with Crippen molar-refractivity contribution in [3.63, 3.8) is 0 Å². The Hall–Kier alpha value is -5.41. The summed E-state index contributed by atoms with van der Waals surface area (Å²) in [4.78, 5) is 0. The fourth-order valence-electron chi connectivity index (χ4n) is 13.6. The molecule has 440 valence electrons. The van der Waals surface area contributed by atoms with Crippen LogP contribution in [0, 0.1) is 95.2 Å². The average molecular weight is 1340 g/mol. The summed E-state index contributed by atoms with van der Waals surface area (Å²) < 4.78 is 0. The second-order valence-electron chi connectivity index (χ2n) is 23.5. The molecule has 12 aromatic carbocycles. The molecular formula is C80H68Cl6Ti2-2. The minimum Gasteiger partial charge on any atom is -1.00 e. The quantitative estimate of drug-likeness (QED) is 0.122. The zero-order chi connectivity index (χ0) is 59.4. The molecule has 0 radical (unpaired) electrons. The van der Waals surface area contributed by atoms with Crippen molar-refractivity contribution in [3.8, 4) is 66.8 Å². The minimum absolute atomic E-state index is 0. The smallest absolute Gasteiger partial charge is 1.00 e. The van der Waals surface area contributed by atoms with E-state index >= 15 is 0 Å². The SMILES string of the molecule is Cc1cc(C)c(-c2c[c-]c3c(c2)-c2cc(-c4c(C)cc(C)cc4C)ccc2C3)c(C)c1.Cc1cc(C)c(-c2c[c-]c3c(c2)-c2cc(-c4c(C)cc(C)cc4C)ccc2C3)c(C)c1.Clc1ccc(Cl)c2[cH-]ccc12.Clc1ccc(Cl)c2[cH-]ccc12.[Cl-].[Cl-].[Ti+2].[Ti+2]. The summed E-state index contributed by atoms with van der Waals surface area (Å²) in [5, 5.41) is 7.14. The van der Waals surface area contributed by atoms with Gasteiger partial charge in [-0.2, -0.15) is 71.8 Å². The van der Waals surface area contributed by atoms with E-state index in [1.807, 2.05) is 60.7 Å². The molecule has 0 amide bonds. The van der Waals surface area contributed by atoms with Gasteiger partial charge < -0.3 is 24.8 Å². The van der Waals surface area contributed by atoms with E-state index in [9.17, 15) is 0 Å². The Kier molecular flexibility index (Phi) is 23.3. The van der Waals surface area contributed by atoms with E-state index in [1.54, 1.807) is 0 Å². The molecule has 0 saturated carbocycles. The van der Waals surface area contributed by atoms with Crippen molar-refractivity contribution in [1.29, 1.82) is 0 Å². The summed E-state index contributed by atoms with van der Waals surface area (Å²) in [6.45, 7) is 26.5. The number of aryl methyl sites for hydroxylation is 12. The fourth-order valence-corrected chi connectivity index (χ4v) is 14.5. The Bertz CT molecular complexity index is 3910. The van der Waals surface area contributed by atoms with Crippen LogP contribution in [-0.4, -0.2) is 0 Å². The molecule has 2 aliphatic rings. The van der Waals surface area contributed by atoms with Crippen molar-refractivity contribution in [3.05, 3.63) is 291 Å². The first kappa shape index (κ1) is 70.1. The Morgan fingerprint density at radius 3 is 0.886 bits per heavy atom. The second kappa shape index (κ2) is 29.3. The number of hydrogen-bond donors (Lipinski definition) is 0. The van der Waals surface area contributed by atoms with Gasteiger partial charge in [0.15, 0.2) is 0 Å². The maximum Gasteiger partial charge on any atom is 2.00 e. The number of fused-ring (bicyclic) bond motifs is 8. The van der Waals surface area contributed by atoms with Crippen LogP contribution in [0.1, 0.15) is 89.0 Å². The van der Waals surface area contributed by atoms with Gasteiger partial charge in [-0.3, -0.25) is 0 Å². The van der Waals surface area contributed by atoms with Crippen LogP contribution in [0.15, 0.2) is 170 Å². The molecule has 0 fully saturated rings. The van der Waals surface area contributed by atoms with E-state index in [0.29, 0.717) is 0 Å². The van der Waals surface area contributed by atoms with E-state index in [1.165, 1.54) is 156 Å². The van der Waals surface area contributed by atoms with Crippen LogP contribution in [-0.2, 0) is 56.3 Å². The molecule has 0 heterocycles. The van der Waals surface area contributed by atoms with E-state index in [-0.39, 0.29) is 68.2 Å². The van der Waals surface area contributed by atoms with Gasteiger partial charge in [0.25, 0.3) is 0 Å². The zero-order valence-corrected chi connectivity index (χ0v) is 59.5. The Morgan fingerprint density at radius 2 is 0.591 bits per heavy atom. The molecule has 14 rings (SSSR count). The first-order valence-electron chi connectivity index (χ1n) is 28.9. The summed E-state index contributed by atoms with van der Waals surface area (Å²) in [7, 11) is 0. The summed E-state index contributed by atoms with van der Waals surface area (Å²) >= 11 is 23.6. The topological polar surface area (TPSA) is 0 Å². The standard InChI is InChI=1S/2C31H29.2C9H5Cl2.2ClH.2Ti/c2*1-18-11-20(3)30(21(4)12-18)26-9-7-24-15-25-8-10-27(17-29(25)28(24)16-26)31-22(5)13-19(2)14-23(31)6;2*10-8-4-5-9(11)7-3-1-2-6(7)8;;;;/h2*7,9-14,16-17H,15H2,1-6H3;2*1-5H;2*1H;;/q4*-1;;;2*+2/p-2. The Morgan fingerprint density at radius 1 is 0.318 bits per heavy atom. The molecule has 12 aromatic rings. The van der Waals surface area contributed by atoms with Gasteiger partial charge in [-0.1, -0.05) is 210 Å². The summed E-state index contributed by atoms with van der Waals surface area (Å²) in [5.74, 6) is 0. The molecule has 0 nitrogen and oxygen atoms in total. The van der Waals surface area contributed by atoms with Gasteiger partial charge in [-0.15, -0.1) is 79.1 Å². The summed E-state index contributed by atoms with van der Waals surface area (Å²) in [5.41, 5.74) is 37.5. The summed E-state index contributed by atoms with van der Waals surface area (Å²) in [6.07, 6.45) is 1.95. The third-order valence-electron chi connectivity index (χ3n) is 16.9. The molecule has 0 saturated heterocycles. The monoisotopic (exact) mass is 1330 g/mol. The van der Waals surface area contributed by atoms with Crippen molar-refractivity contribution in [2.45, 2.75) is 95.9 Å². The maximum atomic E-state index is 5.91. The fraction of sp³-hybridized carbons (Fsp3) is 0.175. The molecule has 0 aromatic heterocycles. The first-order chi connectivity index (χ1) is 40.2. The van der Waals surface area contributed by atoms with Crippen molar-refractivity contribution >= 4 is 67.9 Å². The molecule has 0 atom stereocenters. The summed E-state index contributed by atoms with van der Waals surface area (Å²) in [6, 6.07) is 67.7. The van der Waals surface area contributed by atoms with Crippen molar-refractivity contribution in [2.75, 3.05) is 0 Å². The second-order valence-corrected chi connectivity index (χ2v) is 25.1.